The van der Waals surface area contributed by atoms with E-state index in [4.69, 9.17) is 0 Å². The molecule has 8 nitrogen and oxygen atoms in total. The van der Waals surface area contributed by atoms with E-state index >= 15 is 0 Å². The van der Waals surface area contributed by atoms with E-state index in [-0.39, 0.29) is 5.91 Å². The summed E-state index contributed by atoms with van der Waals surface area (Å²) in [5.74, 6) is 2.66. The fourth-order valence-electron chi connectivity index (χ4n) is 4.22. The zero-order valence-corrected chi connectivity index (χ0v) is 16.4. The molecule has 2 aliphatic heterocycles. The summed E-state index contributed by atoms with van der Waals surface area (Å²) in [5.41, 5.74) is 0.979. The Bertz CT molecular complexity index is 974. The number of hydrogen-bond donors (Lipinski definition) is 1. The Morgan fingerprint density at radius 2 is 2.07 bits per heavy atom. The Hall–Kier alpha value is -2.26. The summed E-state index contributed by atoms with van der Waals surface area (Å²) in [4.78, 5) is 16.8. The predicted octanol–water partition coefficient (Wildman–Crippen LogP) is 1.66. The van der Waals surface area contributed by atoms with Gasteiger partial charge in [-0.2, -0.15) is 5.10 Å². The largest absolute Gasteiger partial charge is 0.338 e. The van der Waals surface area contributed by atoms with Crippen molar-refractivity contribution in [2.24, 2.45) is 7.05 Å². The third-order valence-electron chi connectivity index (χ3n) is 5.71. The van der Waals surface area contributed by atoms with Crippen molar-refractivity contribution < 1.29 is 4.79 Å². The lowest BCUT2D eigenvalue weighted by Gasteiger charge is -2.31. The van der Waals surface area contributed by atoms with Gasteiger partial charge < -0.3 is 14.8 Å². The molecule has 142 valence electrons. The van der Waals surface area contributed by atoms with Crippen molar-refractivity contribution in [3.63, 3.8) is 0 Å². The van der Waals surface area contributed by atoms with Crippen LogP contribution >= 0.6 is 11.3 Å². The van der Waals surface area contributed by atoms with Crippen LogP contribution in [-0.2, 0) is 20.1 Å². The minimum atomic E-state index is 0.140. The van der Waals surface area contributed by atoms with Gasteiger partial charge in [0.1, 0.15) is 16.5 Å². The second-order valence-electron chi connectivity index (χ2n) is 7.41. The number of fused-ring (bicyclic) bond motifs is 2. The number of nitrogens with zero attached hydrogens (tertiary/aromatic N) is 6. The number of carbonyl (C=O) groups is 1. The van der Waals surface area contributed by atoms with Crippen molar-refractivity contribution >= 4 is 27.5 Å². The van der Waals surface area contributed by atoms with Gasteiger partial charge in [0, 0.05) is 44.5 Å². The first-order valence-electron chi connectivity index (χ1n) is 9.47. The quantitative estimate of drug-likeness (QED) is 0.726. The van der Waals surface area contributed by atoms with Gasteiger partial charge in [-0.05, 0) is 25.8 Å². The topological polar surface area (TPSA) is 80.9 Å². The molecule has 0 radical (unpaired) electrons. The van der Waals surface area contributed by atoms with Crippen LogP contribution < -0.4 is 5.32 Å². The number of hydrogen-bond acceptors (Lipinski definition) is 6. The zero-order chi connectivity index (χ0) is 18.5. The van der Waals surface area contributed by atoms with Gasteiger partial charge in [0.25, 0.3) is 5.91 Å². The van der Waals surface area contributed by atoms with E-state index in [1.165, 1.54) is 11.3 Å². The van der Waals surface area contributed by atoms with Crippen molar-refractivity contribution in [1.29, 1.82) is 0 Å². The molecule has 0 atom stereocenters. The first kappa shape index (κ1) is 16.9. The van der Waals surface area contributed by atoms with Gasteiger partial charge in [-0.3, -0.25) is 9.48 Å². The van der Waals surface area contributed by atoms with Crippen LogP contribution in [-0.4, -0.2) is 55.0 Å². The number of aromatic nitrogens is 5. The normalized spacial score (nSPS) is 18.2. The lowest BCUT2D eigenvalue weighted by atomic mass is 9.95. The summed E-state index contributed by atoms with van der Waals surface area (Å²) >= 11 is 1.54. The molecule has 9 heteroatoms. The van der Waals surface area contributed by atoms with E-state index in [1.807, 2.05) is 29.6 Å². The number of amides is 1. The first-order chi connectivity index (χ1) is 13.1. The summed E-state index contributed by atoms with van der Waals surface area (Å²) in [5, 5.41) is 17.6. The van der Waals surface area contributed by atoms with Crippen LogP contribution in [0.2, 0.25) is 0 Å². The summed E-state index contributed by atoms with van der Waals surface area (Å²) in [7, 11) is 1.93. The molecule has 3 aromatic heterocycles. The lowest BCUT2D eigenvalue weighted by molar-refractivity contribution is 0.0715. The highest BCUT2D eigenvalue weighted by Crippen LogP contribution is 2.32. The van der Waals surface area contributed by atoms with E-state index in [2.05, 4.69) is 25.2 Å². The van der Waals surface area contributed by atoms with Gasteiger partial charge in [-0.15, -0.1) is 21.5 Å². The minimum absolute atomic E-state index is 0.140. The lowest BCUT2D eigenvalue weighted by Crippen LogP contribution is -2.38. The molecule has 0 unspecified atom stereocenters. The predicted molar refractivity (Wildman–Crippen MR) is 103 cm³/mol. The van der Waals surface area contributed by atoms with Crippen molar-refractivity contribution in [2.75, 3.05) is 19.6 Å². The molecule has 27 heavy (non-hydrogen) atoms. The zero-order valence-electron chi connectivity index (χ0n) is 15.6. The minimum Gasteiger partial charge on any atom is -0.338 e. The highest BCUT2D eigenvalue weighted by atomic mass is 32.1. The number of rotatable bonds is 2. The second kappa shape index (κ2) is 6.42. The molecule has 0 saturated carbocycles. The molecular weight excluding hydrogens is 362 g/mol. The molecule has 3 aromatic rings. The molecule has 5 heterocycles. The molecule has 2 aliphatic rings. The maximum atomic E-state index is 13.0. The molecular formula is C18H23N7OS. The van der Waals surface area contributed by atoms with E-state index < -0.39 is 0 Å². The van der Waals surface area contributed by atoms with E-state index in [0.717, 1.165) is 78.0 Å². The Balaban J connectivity index is 1.30. The van der Waals surface area contributed by atoms with Crippen LogP contribution in [0.25, 0.3) is 10.2 Å². The monoisotopic (exact) mass is 385 g/mol. The number of carbonyl (C=O) groups excluding carboxylic acids is 1. The Kier molecular flexibility index (Phi) is 4.01. The highest BCUT2D eigenvalue weighted by molar-refractivity contribution is 7.20. The smallest absolute Gasteiger partial charge is 0.264 e. The van der Waals surface area contributed by atoms with E-state index in [9.17, 15) is 4.79 Å². The average molecular weight is 385 g/mol. The summed E-state index contributed by atoms with van der Waals surface area (Å²) < 4.78 is 4.13. The molecule has 0 spiro atoms. The molecule has 0 bridgehead atoms. The number of thiophene rings is 1. The van der Waals surface area contributed by atoms with Gasteiger partial charge >= 0.3 is 0 Å². The first-order valence-corrected chi connectivity index (χ1v) is 10.3. The van der Waals surface area contributed by atoms with Crippen LogP contribution in [0.5, 0.6) is 0 Å². The maximum Gasteiger partial charge on any atom is 0.264 e. The van der Waals surface area contributed by atoms with Crippen molar-refractivity contribution in [2.45, 2.75) is 38.8 Å². The molecule has 0 aromatic carbocycles. The Morgan fingerprint density at radius 3 is 2.85 bits per heavy atom. The number of nitrogens with one attached hydrogen (secondary N) is 1. The Labute approximate surface area is 161 Å². The third-order valence-corrected chi connectivity index (χ3v) is 6.90. The van der Waals surface area contributed by atoms with Gasteiger partial charge in [0.15, 0.2) is 0 Å². The summed E-state index contributed by atoms with van der Waals surface area (Å²) in [6.45, 7) is 6.24. The van der Waals surface area contributed by atoms with E-state index in [0.29, 0.717) is 5.92 Å². The summed E-state index contributed by atoms with van der Waals surface area (Å²) in [6, 6.07) is 2.00. The molecule has 1 amide bonds. The Morgan fingerprint density at radius 1 is 1.26 bits per heavy atom. The molecule has 1 fully saturated rings. The van der Waals surface area contributed by atoms with Gasteiger partial charge in [0.05, 0.1) is 17.1 Å². The maximum absolute atomic E-state index is 13.0. The SMILES string of the molecule is Cc1nn(C)c2sc(C(=O)N3CCC(c4nnc5n4CCNC5)CC3)cc12. The van der Waals surface area contributed by atoms with Crippen molar-refractivity contribution in [1.82, 2.24) is 34.8 Å². The van der Waals surface area contributed by atoms with Crippen LogP contribution in [0.15, 0.2) is 6.07 Å². The number of likely N-dealkylation sites (tertiary alicyclic amines) is 1. The van der Waals surface area contributed by atoms with Crippen LogP contribution in [0.3, 0.4) is 0 Å². The van der Waals surface area contributed by atoms with Gasteiger partial charge in [-0.1, -0.05) is 0 Å². The van der Waals surface area contributed by atoms with Crippen molar-refractivity contribution in [3.8, 4) is 0 Å². The average Bonchev–Trinajstić information content (AvgIpc) is 3.38. The summed E-state index contributed by atoms with van der Waals surface area (Å²) in [6.07, 6.45) is 1.89. The fourth-order valence-corrected chi connectivity index (χ4v) is 5.31. The van der Waals surface area contributed by atoms with Gasteiger partial charge in [0.2, 0.25) is 0 Å². The highest BCUT2D eigenvalue weighted by Gasteiger charge is 2.30. The molecule has 5 rings (SSSR count). The van der Waals surface area contributed by atoms with Crippen molar-refractivity contribution in [3.05, 3.63) is 28.3 Å². The second-order valence-corrected chi connectivity index (χ2v) is 8.44. The van der Waals surface area contributed by atoms with Crippen LogP contribution in [0, 0.1) is 6.92 Å². The number of aryl methyl sites for hydroxylation is 2. The molecule has 1 N–H and O–H groups in total. The van der Waals surface area contributed by atoms with E-state index in [1.54, 1.807) is 0 Å². The third kappa shape index (κ3) is 2.76. The van der Waals surface area contributed by atoms with Crippen LogP contribution in [0.1, 0.15) is 45.8 Å². The molecule has 1 saturated heterocycles. The number of piperidine rings is 1. The van der Waals surface area contributed by atoms with Gasteiger partial charge in [-0.25, -0.2) is 0 Å². The fraction of sp³-hybridized carbons (Fsp3) is 0.556. The molecule has 0 aliphatic carbocycles. The van der Waals surface area contributed by atoms with Crippen LogP contribution in [0.4, 0.5) is 0 Å². The standard InChI is InChI=1S/C18H23N7OS/c1-11-13-9-14(27-18(13)23(2)22-11)17(26)24-6-3-12(4-7-24)16-21-20-15-10-19-5-8-25(15)16/h9,12,19H,3-8,10H2,1-2H3.